The first-order valence-corrected chi connectivity index (χ1v) is 16.2. The molecule has 0 bridgehead atoms. The topological polar surface area (TPSA) is 29.3 Å². The fourth-order valence-corrected chi connectivity index (χ4v) is 8.95. The summed E-state index contributed by atoms with van der Waals surface area (Å²) >= 11 is 3.61. The van der Waals surface area contributed by atoms with Crippen molar-refractivity contribution in [2.75, 3.05) is 4.90 Å². The third-order valence-electron chi connectivity index (χ3n) is 8.70. The summed E-state index contributed by atoms with van der Waals surface area (Å²) in [5.74, 6) is 0. The zero-order chi connectivity index (χ0) is 28.8. The predicted octanol–water partition coefficient (Wildman–Crippen LogP) is 12.3. The number of furan rings is 1. The van der Waals surface area contributed by atoms with E-state index in [-0.39, 0.29) is 0 Å². The van der Waals surface area contributed by atoms with E-state index in [0.717, 1.165) is 43.8 Å². The van der Waals surface area contributed by atoms with Crippen molar-refractivity contribution in [3.63, 3.8) is 0 Å². The van der Waals surface area contributed by atoms with E-state index in [1.165, 1.54) is 46.4 Å². The average molecular weight is 599 g/mol. The number of nitrogens with zero attached hydrogens (tertiary/aromatic N) is 2. The molecule has 0 fully saturated rings. The summed E-state index contributed by atoms with van der Waals surface area (Å²) in [6, 6.07) is 45.6. The zero-order valence-corrected chi connectivity index (χ0v) is 25.0. The van der Waals surface area contributed by atoms with Crippen LogP contribution in [0.15, 0.2) is 138 Å². The molecule has 0 saturated heterocycles. The normalized spacial score (nSPS) is 12.1. The molecule has 6 aromatic carbocycles. The highest BCUT2D eigenvalue weighted by Crippen LogP contribution is 2.44. The lowest BCUT2D eigenvalue weighted by molar-refractivity contribution is 0.669. The molecule has 0 aliphatic rings. The Hall–Kier alpha value is -5.23. The van der Waals surface area contributed by atoms with Gasteiger partial charge in [0.2, 0.25) is 0 Å². The van der Waals surface area contributed by atoms with Crippen LogP contribution >= 0.6 is 22.7 Å². The van der Waals surface area contributed by atoms with Crippen LogP contribution in [0.3, 0.4) is 0 Å². The molecule has 4 heterocycles. The first-order valence-electron chi connectivity index (χ1n) is 14.6. The highest BCUT2D eigenvalue weighted by Gasteiger charge is 2.19. The van der Waals surface area contributed by atoms with Crippen molar-refractivity contribution in [3.8, 4) is 0 Å². The minimum absolute atomic E-state index is 0.873. The molecule has 0 unspecified atom stereocenters. The fourth-order valence-electron chi connectivity index (χ4n) is 6.65. The van der Waals surface area contributed by atoms with E-state index in [2.05, 4.69) is 120 Å². The SMILES string of the molecule is c1ccc2c(c1)ccc1c3cc(N(c4ccc5c(c4)oc4ccccc45)c4ccc5c(c4)sc4ccccc45)cnc3sc21. The number of benzene rings is 6. The zero-order valence-electron chi connectivity index (χ0n) is 23.3. The molecule has 3 nitrogen and oxygen atoms in total. The Morgan fingerprint density at radius 3 is 2.11 bits per heavy atom. The van der Waals surface area contributed by atoms with E-state index in [9.17, 15) is 0 Å². The highest BCUT2D eigenvalue weighted by molar-refractivity contribution is 7.26. The third kappa shape index (κ3) is 3.51. The number of fused-ring (bicyclic) bond motifs is 11. The molecule has 10 aromatic rings. The summed E-state index contributed by atoms with van der Waals surface area (Å²) in [6.07, 6.45) is 2.01. The van der Waals surface area contributed by atoms with Crippen LogP contribution in [0.1, 0.15) is 0 Å². The lowest BCUT2D eigenvalue weighted by Crippen LogP contribution is -2.10. The Kier molecular flexibility index (Phi) is 5.03. The highest BCUT2D eigenvalue weighted by atomic mass is 32.1. The minimum Gasteiger partial charge on any atom is -0.456 e. The van der Waals surface area contributed by atoms with Crippen molar-refractivity contribution >= 4 is 113 Å². The molecular formula is C39H22N2OS2. The van der Waals surface area contributed by atoms with Gasteiger partial charge in [-0.25, -0.2) is 4.98 Å². The molecule has 0 aliphatic heterocycles. The standard InChI is InChI=1S/C39H22N2OS2/c1-2-8-27-23(7-1)13-16-32-33-19-26(22-40-39(33)44-38(27)32)41(24-14-17-29-28-9-3-5-11-34(28)42-35(29)20-24)25-15-18-31-30-10-4-6-12-36(30)43-37(31)21-25/h1-22H. The Morgan fingerprint density at radius 1 is 0.477 bits per heavy atom. The second-order valence-corrected chi connectivity index (χ2v) is 13.3. The largest absolute Gasteiger partial charge is 0.456 e. The van der Waals surface area contributed by atoms with E-state index < -0.39 is 0 Å². The summed E-state index contributed by atoms with van der Waals surface area (Å²) in [7, 11) is 0. The van der Waals surface area contributed by atoms with Crippen molar-refractivity contribution in [2.45, 2.75) is 0 Å². The molecular weight excluding hydrogens is 577 g/mol. The number of para-hydroxylation sites is 1. The molecule has 0 atom stereocenters. The van der Waals surface area contributed by atoms with E-state index >= 15 is 0 Å². The van der Waals surface area contributed by atoms with Gasteiger partial charge in [-0.3, -0.25) is 0 Å². The second-order valence-electron chi connectivity index (χ2n) is 11.2. The van der Waals surface area contributed by atoms with Crippen molar-refractivity contribution in [1.29, 1.82) is 0 Å². The molecule has 0 saturated carbocycles. The molecule has 0 amide bonds. The molecule has 4 aromatic heterocycles. The molecule has 0 aliphatic carbocycles. The van der Waals surface area contributed by atoms with Crippen LogP contribution in [0.2, 0.25) is 0 Å². The van der Waals surface area contributed by atoms with Crippen molar-refractivity contribution in [3.05, 3.63) is 134 Å². The number of rotatable bonds is 3. The first-order chi connectivity index (χ1) is 21.8. The van der Waals surface area contributed by atoms with Gasteiger partial charge in [0.25, 0.3) is 0 Å². The van der Waals surface area contributed by atoms with Crippen LogP contribution in [-0.4, -0.2) is 4.98 Å². The van der Waals surface area contributed by atoms with Gasteiger partial charge in [-0.15, -0.1) is 22.7 Å². The molecule has 44 heavy (non-hydrogen) atoms. The summed E-state index contributed by atoms with van der Waals surface area (Å²) in [4.78, 5) is 8.41. The summed E-state index contributed by atoms with van der Waals surface area (Å²) < 4.78 is 10.2. The van der Waals surface area contributed by atoms with E-state index in [1.807, 2.05) is 29.7 Å². The van der Waals surface area contributed by atoms with Gasteiger partial charge >= 0.3 is 0 Å². The summed E-state index contributed by atoms with van der Waals surface area (Å²) in [6.45, 7) is 0. The van der Waals surface area contributed by atoms with Gasteiger partial charge in [-0.2, -0.15) is 0 Å². The van der Waals surface area contributed by atoms with Crippen LogP contribution in [0, 0.1) is 0 Å². The van der Waals surface area contributed by atoms with Gasteiger partial charge in [0.05, 0.1) is 11.9 Å². The van der Waals surface area contributed by atoms with Crippen LogP contribution in [-0.2, 0) is 0 Å². The number of pyridine rings is 1. The van der Waals surface area contributed by atoms with Crippen molar-refractivity contribution in [1.82, 2.24) is 4.98 Å². The van der Waals surface area contributed by atoms with Crippen LogP contribution in [0.4, 0.5) is 17.1 Å². The maximum Gasteiger partial charge on any atom is 0.137 e. The molecule has 0 N–H and O–H groups in total. The summed E-state index contributed by atoms with van der Waals surface area (Å²) in [5.41, 5.74) is 4.91. The number of aromatic nitrogens is 1. The predicted molar refractivity (Wildman–Crippen MR) is 189 cm³/mol. The molecule has 206 valence electrons. The first kappa shape index (κ1) is 24.2. The van der Waals surface area contributed by atoms with Gasteiger partial charge in [0.1, 0.15) is 16.0 Å². The van der Waals surface area contributed by atoms with Gasteiger partial charge in [-0.1, -0.05) is 78.9 Å². The maximum atomic E-state index is 6.34. The van der Waals surface area contributed by atoms with Crippen molar-refractivity contribution < 1.29 is 4.42 Å². The smallest absolute Gasteiger partial charge is 0.137 e. The lowest BCUT2D eigenvalue weighted by Gasteiger charge is -2.25. The van der Waals surface area contributed by atoms with Crippen LogP contribution < -0.4 is 4.90 Å². The van der Waals surface area contributed by atoms with Gasteiger partial charge in [0, 0.05) is 63.9 Å². The monoisotopic (exact) mass is 598 g/mol. The molecule has 5 heteroatoms. The van der Waals surface area contributed by atoms with E-state index in [4.69, 9.17) is 9.40 Å². The molecule has 0 spiro atoms. The van der Waals surface area contributed by atoms with Gasteiger partial charge in [-0.05, 0) is 53.2 Å². The van der Waals surface area contributed by atoms with E-state index in [0.29, 0.717) is 0 Å². The minimum atomic E-state index is 0.873. The van der Waals surface area contributed by atoms with Gasteiger partial charge < -0.3 is 9.32 Å². The Labute approximate surface area is 259 Å². The second kappa shape index (κ2) is 9.13. The number of thiophene rings is 2. The Morgan fingerprint density at radius 2 is 1.18 bits per heavy atom. The van der Waals surface area contributed by atoms with E-state index in [1.54, 1.807) is 11.3 Å². The third-order valence-corrected chi connectivity index (χ3v) is 11.0. The Bertz CT molecular complexity index is 2640. The van der Waals surface area contributed by atoms with Crippen LogP contribution in [0.25, 0.3) is 73.2 Å². The summed E-state index contributed by atoms with van der Waals surface area (Å²) in [5, 5.41) is 9.78. The fraction of sp³-hybridized carbons (Fsp3) is 0. The quantitative estimate of drug-likeness (QED) is 0.203. The number of hydrogen-bond acceptors (Lipinski definition) is 5. The van der Waals surface area contributed by atoms with Crippen LogP contribution in [0.5, 0.6) is 0 Å². The van der Waals surface area contributed by atoms with Crippen molar-refractivity contribution in [2.24, 2.45) is 0 Å². The Balaban J connectivity index is 1.22. The average Bonchev–Trinajstić information content (AvgIpc) is 3.75. The van der Waals surface area contributed by atoms with Gasteiger partial charge in [0.15, 0.2) is 0 Å². The number of hydrogen-bond donors (Lipinski definition) is 0. The lowest BCUT2D eigenvalue weighted by atomic mass is 10.1. The molecule has 0 radical (unpaired) electrons. The molecule has 10 rings (SSSR count). The maximum absolute atomic E-state index is 6.34. The number of anilines is 3.